The second-order valence-electron chi connectivity index (χ2n) is 5.54. The van der Waals surface area contributed by atoms with Gasteiger partial charge in [0, 0.05) is 18.7 Å². The lowest BCUT2D eigenvalue weighted by atomic mass is 10.1. The van der Waals surface area contributed by atoms with Crippen molar-refractivity contribution in [3.8, 4) is 11.3 Å². The van der Waals surface area contributed by atoms with Gasteiger partial charge in [-0.25, -0.2) is 4.79 Å². The Morgan fingerprint density at radius 3 is 2.45 bits per heavy atom. The van der Waals surface area contributed by atoms with Crippen LogP contribution in [-0.4, -0.2) is 41.5 Å². The van der Waals surface area contributed by atoms with Crippen LogP contribution in [-0.2, 0) is 4.74 Å². The van der Waals surface area contributed by atoms with E-state index in [1.165, 1.54) is 0 Å². The van der Waals surface area contributed by atoms with E-state index < -0.39 is 5.97 Å². The first-order valence-corrected chi connectivity index (χ1v) is 7.25. The molecule has 0 aliphatic carbocycles. The summed E-state index contributed by atoms with van der Waals surface area (Å²) >= 11 is 0. The molecule has 22 heavy (non-hydrogen) atoms. The van der Waals surface area contributed by atoms with E-state index in [-0.39, 0.29) is 23.5 Å². The molecule has 6 heteroatoms. The van der Waals surface area contributed by atoms with Gasteiger partial charge in [0.2, 0.25) is 0 Å². The maximum absolute atomic E-state index is 11.7. The Kier molecular flexibility index (Phi) is 3.85. The van der Waals surface area contributed by atoms with Gasteiger partial charge in [-0.05, 0) is 13.8 Å². The standard InChI is InChI=1S/C16H18N2O4/c1-10-8-18(9-11(2)21-10)15-13(16(19)20)14(22-17-15)12-6-4-3-5-7-12/h3-7,10-11H,8-9H2,1-2H3,(H,19,20)/t10-,11+. The van der Waals surface area contributed by atoms with E-state index in [2.05, 4.69) is 5.16 Å². The molecule has 2 heterocycles. The topological polar surface area (TPSA) is 75.8 Å². The summed E-state index contributed by atoms with van der Waals surface area (Å²) in [5.41, 5.74) is 0.806. The fourth-order valence-corrected chi connectivity index (χ4v) is 2.83. The molecule has 0 radical (unpaired) electrons. The highest BCUT2D eigenvalue weighted by molar-refractivity contribution is 5.99. The molecular formula is C16H18N2O4. The minimum Gasteiger partial charge on any atom is -0.477 e. The van der Waals surface area contributed by atoms with Crippen LogP contribution in [0.1, 0.15) is 24.2 Å². The lowest BCUT2D eigenvalue weighted by molar-refractivity contribution is -0.00569. The SMILES string of the molecule is C[C@@H]1CN(c2noc(-c3ccccc3)c2C(=O)O)C[C@H](C)O1. The maximum Gasteiger partial charge on any atom is 0.343 e. The van der Waals surface area contributed by atoms with Gasteiger partial charge in [-0.2, -0.15) is 0 Å². The van der Waals surface area contributed by atoms with Crippen molar-refractivity contribution < 1.29 is 19.2 Å². The molecule has 1 fully saturated rings. The first-order chi connectivity index (χ1) is 10.6. The third-order valence-corrected chi connectivity index (χ3v) is 3.64. The monoisotopic (exact) mass is 302 g/mol. The molecule has 116 valence electrons. The highest BCUT2D eigenvalue weighted by atomic mass is 16.5. The number of ether oxygens (including phenoxy) is 1. The summed E-state index contributed by atoms with van der Waals surface area (Å²) in [6.45, 7) is 5.10. The summed E-state index contributed by atoms with van der Waals surface area (Å²) in [4.78, 5) is 13.6. The van der Waals surface area contributed by atoms with Crippen LogP contribution < -0.4 is 4.90 Å². The molecule has 1 aliphatic heterocycles. The molecule has 0 spiro atoms. The van der Waals surface area contributed by atoms with Crippen molar-refractivity contribution >= 4 is 11.8 Å². The van der Waals surface area contributed by atoms with Gasteiger partial charge in [-0.1, -0.05) is 35.5 Å². The van der Waals surface area contributed by atoms with Gasteiger partial charge in [0.25, 0.3) is 0 Å². The van der Waals surface area contributed by atoms with Gasteiger partial charge in [0.05, 0.1) is 12.2 Å². The number of hydrogen-bond donors (Lipinski definition) is 1. The highest BCUT2D eigenvalue weighted by Crippen LogP contribution is 2.32. The van der Waals surface area contributed by atoms with Gasteiger partial charge in [0.1, 0.15) is 0 Å². The maximum atomic E-state index is 11.7. The Hall–Kier alpha value is -2.34. The minimum absolute atomic E-state index is 0.0160. The van der Waals surface area contributed by atoms with Crippen molar-refractivity contribution in [1.29, 1.82) is 0 Å². The predicted octanol–water partition coefficient (Wildman–Crippen LogP) is 2.65. The zero-order chi connectivity index (χ0) is 15.7. The summed E-state index contributed by atoms with van der Waals surface area (Å²) < 4.78 is 11.0. The zero-order valence-electron chi connectivity index (χ0n) is 12.5. The van der Waals surface area contributed by atoms with Crippen LogP contribution in [0.2, 0.25) is 0 Å². The number of aromatic carboxylic acids is 1. The fourth-order valence-electron chi connectivity index (χ4n) is 2.83. The predicted molar refractivity (Wildman–Crippen MR) is 81.1 cm³/mol. The van der Waals surface area contributed by atoms with Crippen LogP contribution in [0.5, 0.6) is 0 Å². The van der Waals surface area contributed by atoms with Crippen molar-refractivity contribution in [1.82, 2.24) is 5.16 Å². The number of morpholine rings is 1. The van der Waals surface area contributed by atoms with Gasteiger partial charge in [-0.3, -0.25) is 0 Å². The second-order valence-corrected chi connectivity index (χ2v) is 5.54. The molecule has 0 saturated carbocycles. The molecule has 0 unspecified atom stereocenters. The van der Waals surface area contributed by atoms with E-state index in [0.29, 0.717) is 24.5 Å². The van der Waals surface area contributed by atoms with Gasteiger partial charge < -0.3 is 19.3 Å². The van der Waals surface area contributed by atoms with Crippen LogP contribution in [0.15, 0.2) is 34.9 Å². The molecule has 1 N–H and O–H groups in total. The average Bonchev–Trinajstić information content (AvgIpc) is 2.92. The summed E-state index contributed by atoms with van der Waals surface area (Å²) in [7, 11) is 0. The molecule has 1 aromatic carbocycles. The Morgan fingerprint density at radius 2 is 1.86 bits per heavy atom. The number of rotatable bonds is 3. The van der Waals surface area contributed by atoms with E-state index in [1.807, 2.05) is 36.9 Å². The quantitative estimate of drug-likeness (QED) is 0.939. The van der Waals surface area contributed by atoms with Gasteiger partial charge in [0.15, 0.2) is 17.1 Å². The second kappa shape index (κ2) is 5.81. The smallest absolute Gasteiger partial charge is 0.343 e. The van der Waals surface area contributed by atoms with Crippen molar-refractivity contribution in [2.45, 2.75) is 26.1 Å². The van der Waals surface area contributed by atoms with Crippen molar-refractivity contribution in [3.05, 3.63) is 35.9 Å². The lowest BCUT2D eigenvalue weighted by Gasteiger charge is -2.35. The van der Waals surface area contributed by atoms with E-state index in [1.54, 1.807) is 12.1 Å². The summed E-state index contributed by atoms with van der Waals surface area (Å²) in [5, 5.41) is 13.6. The first-order valence-electron chi connectivity index (χ1n) is 7.25. The fraction of sp³-hybridized carbons (Fsp3) is 0.375. The molecule has 1 aliphatic rings. The number of aromatic nitrogens is 1. The normalized spacial score (nSPS) is 21.8. The first kappa shape index (κ1) is 14.6. The Bertz CT molecular complexity index is 658. The number of benzene rings is 1. The molecular weight excluding hydrogens is 284 g/mol. The molecule has 2 aromatic rings. The molecule has 1 saturated heterocycles. The average molecular weight is 302 g/mol. The van der Waals surface area contributed by atoms with Crippen LogP contribution in [0.3, 0.4) is 0 Å². The van der Waals surface area contributed by atoms with Crippen molar-refractivity contribution in [2.24, 2.45) is 0 Å². The van der Waals surface area contributed by atoms with Gasteiger partial charge >= 0.3 is 5.97 Å². The van der Waals surface area contributed by atoms with E-state index in [9.17, 15) is 9.90 Å². The summed E-state index contributed by atoms with van der Waals surface area (Å²) in [5.74, 6) is -0.384. The summed E-state index contributed by atoms with van der Waals surface area (Å²) in [6, 6.07) is 9.15. The largest absolute Gasteiger partial charge is 0.477 e. The van der Waals surface area contributed by atoms with Crippen LogP contribution >= 0.6 is 0 Å². The highest BCUT2D eigenvalue weighted by Gasteiger charge is 2.31. The summed E-state index contributed by atoms with van der Waals surface area (Å²) in [6.07, 6.45) is 0.0320. The Labute approximate surface area is 128 Å². The number of anilines is 1. The van der Waals surface area contributed by atoms with Crippen molar-refractivity contribution in [2.75, 3.05) is 18.0 Å². The zero-order valence-corrected chi connectivity index (χ0v) is 12.5. The number of hydrogen-bond acceptors (Lipinski definition) is 5. The lowest BCUT2D eigenvalue weighted by Crippen LogP contribution is -2.46. The number of carboxylic acid groups (broad SMARTS) is 1. The minimum atomic E-state index is -1.04. The van der Waals surface area contributed by atoms with Crippen molar-refractivity contribution in [3.63, 3.8) is 0 Å². The van der Waals surface area contributed by atoms with E-state index >= 15 is 0 Å². The number of carbonyl (C=O) groups is 1. The van der Waals surface area contributed by atoms with Gasteiger partial charge in [-0.15, -0.1) is 0 Å². The molecule has 0 bridgehead atoms. The number of nitrogens with zero attached hydrogens (tertiary/aromatic N) is 2. The van der Waals surface area contributed by atoms with E-state index in [4.69, 9.17) is 9.26 Å². The molecule has 1 aromatic heterocycles. The third kappa shape index (κ3) is 2.69. The van der Waals surface area contributed by atoms with E-state index in [0.717, 1.165) is 0 Å². The molecule has 6 nitrogen and oxygen atoms in total. The Balaban J connectivity index is 2.02. The molecule has 2 atom stereocenters. The third-order valence-electron chi connectivity index (χ3n) is 3.64. The molecule has 0 amide bonds. The molecule has 3 rings (SSSR count). The van der Waals surface area contributed by atoms with Crippen LogP contribution in [0, 0.1) is 0 Å². The number of carboxylic acids is 1. The Morgan fingerprint density at radius 1 is 1.23 bits per heavy atom. The van der Waals surface area contributed by atoms with Crippen LogP contribution in [0.4, 0.5) is 5.82 Å². The van der Waals surface area contributed by atoms with Crippen LogP contribution in [0.25, 0.3) is 11.3 Å².